The van der Waals surface area contributed by atoms with Crippen LogP contribution in [0.4, 0.5) is 5.69 Å². The zero-order valence-electron chi connectivity index (χ0n) is 10.4. The predicted molar refractivity (Wildman–Crippen MR) is 70.6 cm³/mol. The van der Waals surface area contributed by atoms with Crippen LogP contribution in [0.15, 0.2) is 18.2 Å². The summed E-state index contributed by atoms with van der Waals surface area (Å²) in [5, 5.41) is 29.5. The van der Waals surface area contributed by atoms with Gasteiger partial charge in [-0.25, -0.2) is 0 Å². The molecule has 2 atom stereocenters. The van der Waals surface area contributed by atoms with Gasteiger partial charge in [0.05, 0.1) is 16.0 Å². The number of β-amino-alcohol motifs (C(OH)–C–C–N with tert-alkyl or cyclic N) is 1. The molecule has 1 aliphatic heterocycles. The van der Waals surface area contributed by atoms with Gasteiger partial charge in [0.25, 0.3) is 5.69 Å². The number of carbonyl (C=O) groups is 1. The second kappa shape index (κ2) is 5.74. The monoisotopic (exact) mass is 300 g/mol. The average molecular weight is 301 g/mol. The van der Waals surface area contributed by atoms with E-state index in [1.807, 2.05) is 0 Å². The van der Waals surface area contributed by atoms with Crippen LogP contribution < -0.4 is 0 Å². The Morgan fingerprint density at radius 1 is 1.55 bits per heavy atom. The molecule has 1 aromatic carbocycles. The van der Waals surface area contributed by atoms with Gasteiger partial charge in [-0.2, -0.15) is 0 Å². The maximum Gasteiger partial charge on any atom is 0.321 e. The number of nitro groups is 1. The number of nitro benzene ring substituents is 1. The van der Waals surface area contributed by atoms with Gasteiger partial charge >= 0.3 is 5.97 Å². The van der Waals surface area contributed by atoms with Crippen molar-refractivity contribution < 1.29 is 19.9 Å². The number of rotatable bonds is 4. The standard InChI is InChI=1S/C12H13ClN2O5/c13-10-3-8(15(19)20)2-1-7(10)5-14-6-9(16)4-11(14)12(17)18/h1-3,9,11,16H,4-6H2,(H,17,18). The third kappa shape index (κ3) is 3.06. The third-order valence-electron chi connectivity index (χ3n) is 3.29. The fraction of sp³-hybridized carbons (Fsp3) is 0.417. The number of aliphatic hydroxyl groups is 1. The molecule has 0 spiro atoms. The van der Waals surface area contributed by atoms with Crippen LogP contribution in [-0.2, 0) is 11.3 Å². The second-order valence-corrected chi connectivity index (χ2v) is 5.11. The number of hydrogen-bond donors (Lipinski definition) is 2. The summed E-state index contributed by atoms with van der Waals surface area (Å²) in [5.74, 6) is -1.00. The first-order valence-corrected chi connectivity index (χ1v) is 6.34. The number of carboxylic acids is 1. The van der Waals surface area contributed by atoms with E-state index in [1.165, 1.54) is 18.2 Å². The highest BCUT2D eigenvalue weighted by atomic mass is 35.5. The molecule has 108 valence electrons. The fourth-order valence-corrected chi connectivity index (χ4v) is 2.54. The summed E-state index contributed by atoms with van der Waals surface area (Å²) in [6.07, 6.45) is -0.521. The summed E-state index contributed by atoms with van der Waals surface area (Å²) in [6.45, 7) is 0.467. The number of non-ortho nitro benzene ring substituents is 1. The SMILES string of the molecule is O=C(O)C1CC(O)CN1Cc1ccc([N+](=O)[O-])cc1Cl. The maximum atomic E-state index is 11.1. The molecular formula is C12H13ClN2O5. The van der Waals surface area contributed by atoms with Crippen LogP contribution in [0, 0.1) is 10.1 Å². The maximum absolute atomic E-state index is 11.1. The van der Waals surface area contributed by atoms with Crippen molar-refractivity contribution in [2.24, 2.45) is 0 Å². The molecule has 1 fully saturated rings. The van der Waals surface area contributed by atoms with Gasteiger partial charge in [0, 0.05) is 31.6 Å². The minimum atomic E-state index is -1.00. The topological polar surface area (TPSA) is 104 Å². The highest BCUT2D eigenvalue weighted by Gasteiger charge is 2.36. The minimum Gasteiger partial charge on any atom is -0.480 e. The molecule has 0 amide bonds. The lowest BCUT2D eigenvalue weighted by atomic mass is 10.1. The van der Waals surface area contributed by atoms with Crippen LogP contribution in [0.2, 0.25) is 5.02 Å². The van der Waals surface area contributed by atoms with E-state index in [9.17, 15) is 20.0 Å². The largest absolute Gasteiger partial charge is 0.480 e. The zero-order valence-corrected chi connectivity index (χ0v) is 11.2. The van der Waals surface area contributed by atoms with Gasteiger partial charge < -0.3 is 10.2 Å². The van der Waals surface area contributed by atoms with Gasteiger partial charge in [-0.3, -0.25) is 19.8 Å². The summed E-state index contributed by atoms with van der Waals surface area (Å²) in [5.41, 5.74) is 0.479. The van der Waals surface area contributed by atoms with E-state index in [0.29, 0.717) is 5.56 Å². The first-order chi connectivity index (χ1) is 9.38. The normalized spacial score (nSPS) is 22.9. The molecular weight excluding hydrogens is 288 g/mol. The number of halogens is 1. The molecule has 2 N–H and O–H groups in total. The molecule has 1 aromatic rings. The number of benzene rings is 1. The van der Waals surface area contributed by atoms with Crippen molar-refractivity contribution in [3.8, 4) is 0 Å². The molecule has 0 saturated carbocycles. The van der Waals surface area contributed by atoms with Gasteiger partial charge in [0.2, 0.25) is 0 Å². The lowest BCUT2D eigenvalue weighted by Gasteiger charge is -2.21. The zero-order chi connectivity index (χ0) is 14.9. The smallest absolute Gasteiger partial charge is 0.321 e. The molecule has 1 aliphatic rings. The van der Waals surface area contributed by atoms with Crippen LogP contribution in [0.25, 0.3) is 0 Å². The van der Waals surface area contributed by atoms with Gasteiger partial charge in [-0.15, -0.1) is 0 Å². The number of carboxylic acid groups (broad SMARTS) is 1. The van der Waals surface area contributed by atoms with Crippen molar-refractivity contribution in [2.75, 3.05) is 6.54 Å². The summed E-state index contributed by atoms with van der Waals surface area (Å²) in [4.78, 5) is 22.8. The Morgan fingerprint density at radius 2 is 2.25 bits per heavy atom. The Labute approximate surface area is 119 Å². The molecule has 8 heteroatoms. The number of hydrogen-bond acceptors (Lipinski definition) is 5. The quantitative estimate of drug-likeness (QED) is 0.641. The number of aliphatic carboxylic acids is 1. The molecule has 0 aromatic heterocycles. The van der Waals surface area contributed by atoms with E-state index in [4.69, 9.17) is 16.7 Å². The molecule has 0 aliphatic carbocycles. The van der Waals surface area contributed by atoms with Gasteiger partial charge in [-0.05, 0) is 11.6 Å². The molecule has 0 radical (unpaired) electrons. The first-order valence-electron chi connectivity index (χ1n) is 5.96. The predicted octanol–water partition coefficient (Wildman–Crippen LogP) is 1.27. The highest BCUT2D eigenvalue weighted by molar-refractivity contribution is 6.31. The van der Waals surface area contributed by atoms with Crippen molar-refractivity contribution in [3.63, 3.8) is 0 Å². The molecule has 20 heavy (non-hydrogen) atoms. The number of aliphatic hydroxyl groups excluding tert-OH is 1. The summed E-state index contributed by atoms with van der Waals surface area (Å²) in [7, 11) is 0. The summed E-state index contributed by atoms with van der Waals surface area (Å²) < 4.78 is 0. The van der Waals surface area contributed by atoms with Gasteiger partial charge in [0.1, 0.15) is 6.04 Å². The Hall–Kier alpha value is -1.70. The molecule has 0 bridgehead atoms. The average Bonchev–Trinajstić information content (AvgIpc) is 2.73. The van der Waals surface area contributed by atoms with Gasteiger partial charge in [-0.1, -0.05) is 11.6 Å². The highest BCUT2D eigenvalue weighted by Crippen LogP contribution is 2.27. The molecule has 1 heterocycles. The lowest BCUT2D eigenvalue weighted by molar-refractivity contribution is -0.384. The fourth-order valence-electron chi connectivity index (χ4n) is 2.31. The summed E-state index contributed by atoms with van der Waals surface area (Å²) in [6, 6.07) is 3.29. The Balaban J connectivity index is 2.17. The van der Waals surface area contributed by atoms with E-state index in [-0.39, 0.29) is 30.2 Å². The Bertz CT molecular complexity index is 551. The van der Waals surface area contributed by atoms with E-state index in [1.54, 1.807) is 4.90 Å². The van der Waals surface area contributed by atoms with E-state index in [0.717, 1.165) is 0 Å². The van der Waals surface area contributed by atoms with E-state index in [2.05, 4.69) is 0 Å². The van der Waals surface area contributed by atoms with Gasteiger partial charge in [0.15, 0.2) is 0 Å². The lowest BCUT2D eigenvalue weighted by Crippen LogP contribution is -2.35. The molecule has 2 unspecified atom stereocenters. The Morgan fingerprint density at radius 3 is 2.80 bits per heavy atom. The minimum absolute atomic E-state index is 0.116. The van der Waals surface area contributed by atoms with Crippen molar-refractivity contribution >= 4 is 23.3 Å². The molecule has 1 saturated heterocycles. The second-order valence-electron chi connectivity index (χ2n) is 4.71. The van der Waals surface area contributed by atoms with E-state index < -0.39 is 23.0 Å². The molecule has 7 nitrogen and oxygen atoms in total. The Kier molecular flexibility index (Phi) is 4.22. The number of nitrogens with zero attached hydrogens (tertiary/aromatic N) is 2. The van der Waals surface area contributed by atoms with Crippen molar-refractivity contribution in [1.29, 1.82) is 0 Å². The van der Waals surface area contributed by atoms with Crippen molar-refractivity contribution in [3.05, 3.63) is 38.9 Å². The van der Waals surface area contributed by atoms with Crippen molar-refractivity contribution in [2.45, 2.75) is 25.1 Å². The van der Waals surface area contributed by atoms with Crippen LogP contribution in [0.1, 0.15) is 12.0 Å². The van der Waals surface area contributed by atoms with E-state index >= 15 is 0 Å². The van der Waals surface area contributed by atoms with Crippen molar-refractivity contribution in [1.82, 2.24) is 4.90 Å². The van der Waals surface area contributed by atoms with Crippen LogP contribution in [-0.4, -0.2) is 44.7 Å². The van der Waals surface area contributed by atoms with Crippen LogP contribution >= 0.6 is 11.6 Å². The third-order valence-corrected chi connectivity index (χ3v) is 3.64. The van der Waals surface area contributed by atoms with Crippen LogP contribution in [0.5, 0.6) is 0 Å². The summed E-state index contributed by atoms with van der Waals surface area (Å²) >= 11 is 5.97. The molecule has 2 rings (SSSR count). The first kappa shape index (κ1) is 14.7. The van der Waals surface area contributed by atoms with Crippen LogP contribution in [0.3, 0.4) is 0 Å². The number of likely N-dealkylation sites (tertiary alicyclic amines) is 1.